The Morgan fingerprint density at radius 3 is 2.17 bits per heavy atom. The van der Waals surface area contributed by atoms with E-state index in [1.54, 1.807) is 24.3 Å². The van der Waals surface area contributed by atoms with E-state index >= 15 is 0 Å². The molecule has 2 fully saturated rings. The van der Waals surface area contributed by atoms with Crippen molar-refractivity contribution in [3.8, 4) is 0 Å². The Labute approximate surface area is 133 Å². The average molecular weight is 311 g/mol. The molecular weight excluding hydrogens is 294 g/mol. The maximum atomic E-state index is 12.9. The molecule has 5 heteroatoms. The van der Waals surface area contributed by atoms with Gasteiger partial charge in [0.25, 0.3) is 0 Å². The summed E-state index contributed by atoms with van der Waals surface area (Å²) in [5.74, 6) is -1.63. The van der Waals surface area contributed by atoms with E-state index in [9.17, 15) is 14.4 Å². The standard InChI is InChI=1S/C18H17NO4/c1-10(20)11-5-4-6-12(9-11)19-15(21)13-14(16(19)22)18(3)8-7-17(13,2)23-18/h4-9,13-14H,1-3H3. The molecule has 4 unspecified atom stereocenters. The lowest BCUT2D eigenvalue weighted by Crippen LogP contribution is -2.39. The lowest BCUT2D eigenvalue weighted by molar-refractivity contribution is -0.128. The summed E-state index contributed by atoms with van der Waals surface area (Å²) in [6.45, 7) is 5.15. The molecule has 0 spiro atoms. The highest BCUT2D eigenvalue weighted by molar-refractivity contribution is 6.23. The van der Waals surface area contributed by atoms with Crippen LogP contribution in [0.25, 0.3) is 0 Å². The van der Waals surface area contributed by atoms with Gasteiger partial charge in [0.2, 0.25) is 11.8 Å². The van der Waals surface area contributed by atoms with Gasteiger partial charge in [0.15, 0.2) is 5.78 Å². The van der Waals surface area contributed by atoms with Crippen molar-refractivity contribution >= 4 is 23.3 Å². The zero-order valence-electron chi connectivity index (χ0n) is 13.2. The Morgan fingerprint density at radius 1 is 1.09 bits per heavy atom. The van der Waals surface area contributed by atoms with E-state index in [-0.39, 0.29) is 17.6 Å². The van der Waals surface area contributed by atoms with Gasteiger partial charge in [-0.2, -0.15) is 0 Å². The highest BCUT2D eigenvalue weighted by Crippen LogP contribution is 2.57. The summed E-state index contributed by atoms with van der Waals surface area (Å²) in [5, 5.41) is 0. The van der Waals surface area contributed by atoms with Crippen molar-refractivity contribution in [1.29, 1.82) is 0 Å². The molecule has 3 aliphatic rings. The number of Topliss-reactive ketones (excluding diaryl/α,β-unsaturated/α-hetero) is 1. The van der Waals surface area contributed by atoms with Gasteiger partial charge in [-0.05, 0) is 32.9 Å². The minimum absolute atomic E-state index is 0.102. The summed E-state index contributed by atoms with van der Waals surface area (Å²) in [6, 6.07) is 6.65. The van der Waals surface area contributed by atoms with Gasteiger partial charge in [0, 0.05) is 5.56 Å². The fraction of sp³-hybridized carbons (Fsp3) is 0.389. The van der Waals surface area contributed by atoms with Crippen LogP contribution in [0.2, 0.25) is 0 Å². The maximum Gasteiger partial charge on any atom is 0.241 e. The minimum Gasteiger partial charge on any atom is -0.359 e. The van der Waals surface area contributed by atoms with Gasteiger partial charge >= 0.3 is 0 Å². The molecule has 0 saturated carbocycles. The Hall–Kier alpha value is -2.27. The Kier molecular flexibility index (Phi) is 2.60. The predicted octanol–water partition coefficient (Wildman–Crippen LogP) is 2.11. The van der Waals surface area contributed by atoms with Crippen molar-refractivity contribution in [2.24, 2.45) is 11.8 Å². The number of carbonyl (C=O) groups excluding carboxylic acids is 3. The number of hydrogen-bond donors (Lipinski definition) is 0. The molecule has 0 N–H and O–H groups in total. The topological polar surface area (TPSA) is 63.7 Å². The molecule has 0 aliphatic carbocycles. The first-order valence-electron chi connectivity index (χ1n) is 7.66. The molecule has 0 aromatic heterocycles. The van der Waals surface area contributed by atoms with Crippen LogP contribution in [0.1, 0.15) is 31.1 Å². The van der Waals surface area contributed by atoms with Crippen LogP contribution in [-0.2, 0) is 14.3 Å². The van der Waals surface area contributed by atoms with Gasteiger partial charge in [0.05, 0.1) is 28.7 Å². The van der Waals surface area contributed by atoms with Crippen molar-refractivity contribution in [1.82, 2.24) is 0 Å². The third kappa shape index (κ3) is 1.68. The molecule has 4 rings (SSSR count). The van der Waals surface area contributed by atoms with Crippen LogP contribution in [0.15, 0.2) is 36.4 Å². The van der Waals surface area contributed by atoms with Gasteiger partial charge in [-0.3, -0.25) is 14.4 Å². The SMILES string of the molecule is CC(=O)c1cccc(N2C(=O)C3C(C2=O)C2(C)C=CC3(C)O2)c1. The average Bonchev–Trinajstić information content (AvgIpc) is 3.04. The van der Waals surface area contributed by atoms with Crippen LogP contribution < -0.4 is 4.90 Å². The lowest BCUT2D eigenvalue weighted by Gasteiger charge is -2.25. The van der Waals surface area contributed by atoms with Crippen molar-refractivity contribution < 1.29 is 19.1 Å². The number of amides is 2. The summed E-state index contributed by atoms with van der Waals surface area (Å²) in [5.41, 5.74) is -0.540. The number of rotatable bonds is 2. The number of hydrogen-bond acceptors (Lipinski definition) is 4. The molecule has 1 aromatic rings. The summed E-state index contributed by atoms with van der Waals surface area (Å²) >= 11 is 0. The van der Waals surface area contributed by atoms with E-state index < -0.39 is 23.0 Å². The van der Waals surface area contributed by atoms with Gasteiger partial charge in [-0.15, -0.1) is 0 Å². The van der Waals surface area contributed by atoms with E-state index in [1.165, 1.54) is 11.8 Å². The Bertz CT molecular complexity index is 762. The number of fused-ring (bicyclic) bond motifs is 5. The van der Waals surface area contributed by atoms with Crippen LogP contribution in [0.4, 0.5) is 5.69 Å². The van der Waals surface area contributed by atoms with Crippen LogP contribution in [0, 0.1) is 11.8 Å². The minimum atomic E-state index is -0.737. The van der Waals surface area contributed by atoms with Crippen LogP contribution in [-0.4, -0.2) is 28.8 Å². The van der Waals surface area contributed by atoms with E-state index in [1.807, 2.05) is 26.0 Å². The molecule has 3 aliphatic heterocycles. The van der Waals surface area contributed by atoms with Crippen molar-refractivity contribution in [3.63, 3.8) is 0 Å². The van der Waals surface area contributed by atoms with Gasteiger partial charge < -0.3 is 4.74 Å². The van der Waals surface area contributed by atoms with Crippen molar-refractivity contribution in [2.45, 2.75) is 32.0 Å². The molecule has 2 bridgehead atoms. The number of anilines is 1. The zero-order valence-corrected chi connectivity index (χ0v) is 13.2. The van der Waals surface area contributed by atoms with Crippen molar-refractivity contribution in [2.75, 3.05) is 4.90 Å². The second-order valence-electron chi connectivity index (χ2n) is 6.88. The number of carbonyl (C=O) groups is 3. The Morgan fingerprint density at radius 2 is 1.65 bits per heavy atom. The quantitative estimate of drug-likeness (QED) is 0.477. The molecule has 0 radical (unpaired) electrons. The van der Waals surface area contributed by atoms with Gasteiger partial charge in [-0.25, -0.2) is 4.90 Å². The molecule has 23 heavy (non-hydrogen) atoms. The number of imide groups is 1. The summed E-state index contributed by atoms with van der Waals surface area (Å²) in [4.78, 5) is 38.6. The highest BCUT2D eigenvalue weighted by Gasteiger charge is 2.70. The first kappa shape index (κ1) is 14.3. The smallest absolute Gasteiger partial charge is 0.241 e. The number of benzene rings is 1. The predicted molar refractivity (Wildman–Crippen MR) is 83.0 cm³/mol. The normalized spacial score (nSPS) is 37.6. The zero-order chi connectivity index (χ0) is 16.6. The second-order valence-corrected chi connectivity index (χ2v) is 6.88. The molecule has 5 nitrogen and oxygen atoms in total. The lowest BCUT2D eigenvalue weighted by atomic mass is 9.73. The molecule has 3 heterocycles. The summed E-state index contributed by atoms with van der Waals surface area (Å²) < 4.78 is 5.97. The second kappa shape index (κ2) is 4.17. The number of ether oxygens (including phenoxy) is 1. The molecule has 118 valence electrons. The van der Waals surface area contributed by atoms with Crippen LogP contribution >= 0.6 is 0 Å². The van der Waals surface area contributed by atoms with Crippen LogP contribution in [0.3, 0.4) is 0 Å². The summed E-state index contributed by atoms with van der Waals surface area (Å²) in [7, 11) is 0. The highest BCUT2D eigenvalue weighted by atomic mass is 16.5. The third-order valence-electron chi connectivity index (χ3n) is 5.24. The molecule has 2 saturated heterocycles. The first-order chi connectivity index (χ1) is 10.8. The van der Waals surface area contributed by atoms with Gasteiger partial charge in [0.1, 0.15) is 0 Å². The molecule has 1 aromatic carbocycles. The molecular formula is C18H17NO4. The monoisotopic (exact) mass is 311 g/mol. The fourth-order valence-corrected chi connectivity index (χ4v) is 4.15. The molecule has 4 atom stereocenters. The van der Waals surface area contributed by atoms with E-state index in [2.05, 4.69) is 0 Å². The van der Waals surface area contributed by atoms with E-state index in [0.29, 0.717) is 11.3 Å². The third-order valence-corrected chi connectivity index (χ3v) is 5.24. The number of ketones is 1. The summed E-state index contributed by atoms with van der Waals surface area (Å²) in [6.07, 6.45) is 3.77. The molecule has 2 amide bonds. The maximum absolute atomic E-state index is 12.9. The Balaban J connectivity index is 1.79. The van der Waals surface area contributed by atoms with E-state index in [4.69, 9.17) is 4.74 Å². The fourth-order valence-electron chi connectivity index (χ4n) is 4.15. The van der Waals surface area contributed by atoms with Gasteiger partial charge in [-0.1, -0.05) is 24.3 Å². The van der Waals surface area contributed by atoms with E-state index in [0.717, 1.165) is 0 Å². The van der Waals surface area contributed by atoms with Crippen LogP contribution in [0.5, 0.6) is 0 Å². The van der Waals surface area contributed by atoms with Crippen molar-refractivity contribution in [3.05, 3.63) is 42.0 Å². The number of nitrogens with zero attached hydrogens (tertiary/aromatic N) is 1. The largest absolute Gasteiger partial charge is 0.359 e. The first-order valence-corrected chi connectivity index (χ1v) is 7.66.